The van der Waals surface area contributed by atoms with Crippen molar-refractivity contribution in [2.75, 3.05) is 37.6 Å². The van der Waals surface area contributed by atoms with Crippen LogP contribution >= 0.6 is 0 Å². The Labute approximate surface area is 156 Å². The molecule has 8 heteroatoms. The van der Waals surface area contributed by atoms with Crippen molar-refractivity contribution < 1.29 is 22.9 Å². The number of carbonyl (C=O) groups excluding carboxylic acids is 1. The number of anilines is 1. The molecule has 0 unspecified atom stereocenters. The number of rotatable bonds is 4. The van der Waals surface area contributed by atoms with E-state index >= 15 is 0 Å². The van der Waals surface area contributed by atoms with E-state index in [-0.39, 0.29) is 5.91 Å². The van der Waals surface area contributed by atoms with E-state index in [9.17, 15) is 23.2 Å². The fourth-order valence-corrected chi connectivity index (χ4v) is 3.92. The van der Waals surface area contributed by atoms with Crippen molar-refractivity contribution in [3.63, 3.8) is 0 Å². The van der Waals surface area contributed by atoms with E-state index in [2.05, 4.69) is 11.4 Å². The number of hydrogen-bond donors (Lipinski definition) is 2. The number of hydrogen-bond acceptors (Lipinski definition) is 3. The van der Waals surface area contributed by atoms with Crippen LogP contribution in [0.25, 0.3) is 0 Å². The number of nitriles is 1. The number of benzene rings is 1. The molecule has 2 aliphatic rings. The zero-order valence-electron chi connectivity index (χ0n) is 15.1. The molecule has 0 radical (unpaired) electrons. The minimum absolute atomic E-state index is 0.124. The molecule has 1 heterocycles. The molecule has 0 spiro atoms. The summed E-state index contributed by atoms with van der Waals surface area (Å²) in [5, 5.41) is 12.3. The number of carbonyl (C=O) groups is 1. The van der Waals surface area contributed by atoms with Crippen LogP contribution in [0.15, 0.2) is 24.3 Å². The second-order valence-electron chi connectivity index (χ2n) is 7.41. The Kier molecular flexibility index (Phi) is 5.61. The van der Waals surface area contributed by atoms with Crippen LogP contribution in [0.1, 0.15) is 31.2 Å². The third-order valence-corrected chi connectivity index (χ3v) is 5.47. The molecule has 3 rings (SSSR count). The molecule has 0 bridgehead atoms. The van der Waals surface area contributed by atoms with Gasteiger partial charge in [-0.2, -0.15) is 18.4 Å². The summed E-state index contributed by atoms with van der Waals surface area (Å²) < 4.78 is 38.6. The molecule has 1 aromatic rings. The van der Waals surface area contributed by atoms with Crippen molar-refractivity contribution in [2.24, 2.45) is 0 Å². The average molecular weight is 381 g/mol. The lowest BCUT2D eigenvalue weighted by Gasteiger charge is -2.34. The van der Waals surface area contributed by atoms with Gasteiger partial charge in [-0.25, -0.2) is 0 Å². The van der Waals surface area contributed by atoms with Crippen LogP contribution in [0.4, 0.5) is 18.9 Å². The fraction of sp³-hybridized carbons (Fsp3) is 0.579. The molecule has 1 amide bonds. The molecule has 0 aromatic heterocycles. The van der Waals surface area contributed by atoms with Crippen molar-refractivity contribution in [1.29, 1.82) is 5.26 Å². The highest BCUT2D eigenvalue weighted by Crippen LogP contribution is 2.31. The predicted octanol–water partition coefficient (Wildman–Crippen LogP) is 1.36. The maximum absolute atomic E-state index is 12.9. The van der Waals surface area contributed by atoms with E-state index < -0.39 is 17.3 Å². The van der Waals surface area contributed by atoms with Gasteiger partial charge in [0.2, 0.25) is 0 Å². The summed E-state index contributed by atoms with van der Waals surface area (Å²) in [4.78, 5) is 15.3. The van der Waals surface area contributed by atoms with Gasteiger partial charge in [-0.1, -0.05) is 6.07 Å². The second kappa shape index (κ2) is 7.77. The Morgan fingerprint density at radius 3 is 2.52 bits per heavy atom. The highest BCUT2D eigenvalue weighted by Gasteiger charge is 2.36. The molecule has 2 fully saturated rings. The lowest BCUT2D eigenvalue weighted by atomic mass is 10.00. The Morgan fingerprint density at radius 1 is 1.26 bits per heavy atom. The average Bonchev–Trinajstić information content (AvgIpc) is 3.10. The molecular weight excluding hydrogens is 357 g/mol. The second-order valence-corrected chi connectivity index (χ2v) is 7.41. The molecule has 0 atom stereocenters. The van der Waals surface area contributed by atoms with Gasteiger partial charge in [-0.3, -0.25) is 4.79 Å². The van der Waals surface area contributed by atoms with E-state index in [1.807, 2.05) is 4.90 Å². The Hall–Kier alpha value is -2.27. The quantitative estimate of drug-likeness (QED) is 0.828. The lowest BCUT2D eigenvalue weighted by Crippen LogP contribution is -3.16. The van der Waals surface area contributed by atoms with E-state index in [0.29, 0.717) is 51.3 Å². The Balaban J connectivity index is 1.52. The first-order valence-corrected chi connectivity index (χ1v) is 9.29. The lowest BCUT2D eigenvalue weighted by molar-refractivity contribution is -0.892. The first-order valence-electron chi connectivity index (χ1n) is 9.29. The molecule has 1 aromatic carbocycles. The van der Waals surface area contributed by atoms with Gasteiger partial charge < -0.3 is 15.1 Å². The van der Waals surface area contributed by atoms with Crippen LogP contribution in [0.5, 0.6) is 0 Å². The largest absolute Gasteiger partial charge is 0.416 e. The summed E-state index contributed by atoms with van der Waals surface area (Å²) in [6.45, 7) is 2.81. The monoisotopic (exact) mass is 381 g/mol. The highest BCUT2D eigenvalue weighted by atomic mass is 19.4. The van der Waals surface area contributed by atoms with Gasteiger partial charge in [-0.15, -0.1) is 0 Å². The van der Waals surface area contributed by atoms with Gasteiger partial charge in [0.25, 0.3) is 5.91 Å². The summed E-state index contributed by atoms with van der Waals surface area (Å²) in [5.41, 5.74) is -0.800. The zero-order valence-corrected chi connectivity index (χ0v) is 15.1. The molecule has 1 aliphatic heterocycles. The van der Waals surface area contributed by atoms with Crippen molar-refractivity contribution in [3.05, 3.63) is 29.8 Å². The van der Waals surface area contributed by atoms with Crippen molar-refractivity contribution in [1.82, 2.24) is 5.32 Å². The van der Waals surface area contributed by atoms with Gasteiger partial charge in [0.1, 0.15) is 5.54 Å². The van der Waals surface area contributed by atoms with E-state index in [4.69, 9.17) is 0 Å². The maximum Gasteiger partial charge on any atom is 0.416 e. The van der Waals surface area contributed by atoms with Gasteiger partial charge in [0, 0.05) is 5.69 Å². The maximum atomic E-state index is 12.9. The van der Waals surface area contributed by atoms with Crippen LogP contribution in [0, 0.1) is 11.3 Å². The van der Waals surface area contributed by atoms with Gasteiger partial charge in [0.05, 0.1) is 37.8 Å². The van der Waals surface area contributed by atoms with Crippen LogP contribution in [-0.2, 0) is 11.0 Å². The number of quaternary nitrogens is 1. The van der Waals surface area contributed by atoms with Crippen molar-refractivity contribution in [3.8, 4) is 6.07 Å². The Bertz CT molecular complexity index is 714. The highest BCUT2D eigenvalue weighted by molar-refractivity contribution is 5.78. The number of nitrogens with one attached hydrogen (secondary N) is 2. The van der Waals surface area contributed by atoms with Crippen LogP contribution in [0.2, 0.25) is 0 Å². The molecule has 1 saturated carbocycles. The Morgan fingerprint density at radius 2 is 1.93 bits per heavy atom. The minimum Gasteiger partial charge on any atom is -0.360 e. The molecule has 5 nitrogen and oxygen atoms in total. The minimum atomic E-state index is -4.35. The number of halogens is 3. The van der Waals surface area contributed by atoms with Gasteiger partial charge in [-0.05, 0) is 43.9 Å². The number of nitrogens with zero attached hydrogens (tertiary/aromatic N) is 2. The molecule has 146 valence electrons. The fourth-order valence-electron chi connectivity index (χ4n) is 3.92. The van der Waals surface area contributed by atoms with E-state index in [1.54, 1.807) is 6.07 Å². The zero-order chi connectivity index (χ0) is 19.5. The van der Waals surface area contributed by atoms with Gasteiger partial charge >= 0.3 is 6.18 Å². The first kappa shape index (κ1) is 19.5. The molecular formula is C19H24F3N4O+. The predicted molar refractivity (Wildman–Crippen MR) is 94.2 cm³/mol. The van der Waals surface area contributed by atoms with Crippen LogP contribution < -0.4 is 15.1 Å². The summed E-state index contributed by atoms with van der Waals surface area (Å²) in [6, 6.07) is 7.61. The molecule has 27 heavy (non-hydrogen) atoms. The van der Waals surface area contributed by atoms with E-state index in [1.165, 1.54) is 12.1 Å². The summed E-state index contributed by atoms with van der Waals surface area (Å²) in [6.07, 6.45) is -1.04. The summed E-state index contributed by atoms with van der Waals surface area (Å²) in [7, 11) is 0. The molecule has 1 saturated heterocycles. The SMILES string of the molecule is N#CC1(NC(=O)C[NH+]2CCN(c3cccc(C(F)(F)F)c3)CC2)CCCC1. The van der Waals surface area contributed by atoms with Crippen LogP contribution in [-0.4, -0.2) is 44.2 Å². The number of amides is 1. The van der Waals surface area contributed by atoms with Gasteiger partial charge in [0.15, 0.2) is 6.54 Å². The normalized spacial score (nSPS) is 20.3. The summed E-state index contributed by atoms with van der Waals surface area (Å²) >= 11 is 0. The van der Waals surface area contributed by atoms with Crippen LogP contribution in [0.3, 0.4) is 0 Å². The molecule has 2 N–H and O–H groups in total. The van der Waals surface area contributed by atoms with E-state index in [0.717, 1.165) is 23.8 Å². The topological polar surface area (TPSA) is 60.6 Å². The first-order chi connectivity index (χ1) is 12.8. The summed E-state index contributed by atoms with van der Waals surface area (Å²) in [5.74, 6) is -0.124. The third-order valence-electron chi connectivity index (χ3n) is 5.47. The third kappa shape index (κ3) is 4.72. The van der Waals surface area contributed by atoms with Crippen molar-refractivity contribution >= 4 is 11.6 Å². The number of alkyl halides is 3. The standard InChI is InChI=1S/C19H23F3N4O/c20-19(21,22)15-4-3-5-16(12-15)26-10-8-25(9-11-26)13-17(27)24-18(14-23)6-1-2-7-18/h3-5,12H,1-2,6-11,13H2,(H,24,27)/p+1. The van der Waals surface area contributed by atoms with Crippen molar-refractivity contribution in [2.45, 2.75) is 37.4 Å². The smallest absolute Gasteiger partial charge is 0.360 e. The molecule has 1 aliphatic carbocycles. The number of piperazine rings is 1.